The lowest BCUT2D eigenvalue weighted by atomic mass is 10.2. The Balaban J connectivity index is 1.28. The van der Waals surface area contributed by atoms with Crippen molar-refractivity contribution in [2.45, 2.75) is 45.6 Å². The molecule has 1 aliphatic heterocycles. The molecule has 1 aromatic carbocycles. The molecular weight excluding hydrogens is 394 g/mol. The fourth-order valence-corrected chi connectivity index (χ4v) is 4.46. The van der Waals surface area contributed by atoms with Gasteiger partial charge in [-0.05, 0) is 44.6 Å². The van der Waals surface area contributed by atoms with E-state index in [-0.39, 0.29) is 0 Å². The van der Waals surface area contributed by atoms with Crippen LogP contribution in [0.4, 0.5) is 5.13 Å². The van der Waals surface area contributed by atoms with Gasteiger partial charge >= 0.3 is 0 Å². The number of rotatable bonds is 10. The average Bonchev–Trinajstić information content (AvgIpc) is 3.22. The van der Waals surface area contributed by atoms with Gasteiger partial charge in [-0.3, -0.25) is 0 Å². The van der Waals surface area contributed by atoms with E-state index in [1.165, 1.54) is 30.8 Å². The highest BCUT2D eigenvalue weighted by Gasteiger charge is 2.22. The van der Waals surface area contributed by atoms with Crippen LogP contribution in [0.25, 0.3) is 0 Å². The maximum Gasteiger partial charge on any atom is 0.191 e. The van der Waals surface area contributed by atoms with Crippen LogP contribution < -0.4 is 20.3 Å². The summed E-state index contributed by atoms with van der Waals surface area (Å²) in [5.41, 5.74) is 2.29. The van der Waals surface area contributed by atoms with E-state index in [9.17, 15) is 0 Å². The van der Waals surface area contributed by atoms with E-state index in [1.807, 2.05) is 12.1 Å². The third kappa shape index (κ3) is 6.11. The predicted molar refractivity (Wildman–Crippen MR) is 125 cm³/mol. The van der Waals surface area contributed by atoms with Crippen LogP contribution in [-0.4, -0.2) is 43.7 Å². The van der Waals surface area contributed by atoms with Crippen molar-refractivity contribution in [3.8, 4) is 5.75 Å². The van der Waals surface area contributed by atoms with Crippen LogP contribution in [0.2, 0.25) is 0 Å². The largest absolute Gasteiger partial charge is 0.493 e. The van der Waals surface area contributed by atoms with Gasteiger partial charge in [-0.1, -0.05) is 18.2 Å². The second-order valence-corrected chi connectivity index (χ2v) is 8.89. The molecule has 1 saturated heterocycles. The first-order valence-electron chi connectivity index (χ1n) is 11.2. The van der Waals surface area contributed by atoms with Gasteiger partial charge in [0.05, 0.1) is 18.8 Å². The van der Waals surface area contributed by atoms with E-state index >= 15 is 0 Å². The van der Waals surface area contributed by atoms with Gasteiger partial charge in [-0.2, -0.15) is 0 Å². The predicted octanol–water partition coefficient (Wildman–Crippen LogP) is 3.83. The maximum atomic E-state index is 6.02. The standard InChI is InChI=1S/C23H33N5OS/c1-2-24-22(25-12-11-20-17-30-23(27-20)28-13-5-6-14-28)26-15-19-7-3-4-8-21(19)29-16-18-9-10-18/h3-4,7-8,17-18H,2,5-6,9-16H2,1H3,(H2,24,25,26). The van der Waals surface area contributed by atoms with Gasteiger partial charge in [0.1, 0.15) is 5.75 Å². The summed E-state index contributed by atoms with van der Waals surface area (Å²) in [7, 11) is 0. The molecule has 0 bridgehead atoms. The molecule has 2 aromatic rings. The van der Waals surface area contributed by atoms with Gasteiger partial charge in [0.25, 0.3) is 0 Å². The zero-order chi connectivity index (χ0) is 20.6. The zero-order valence-electron chi connectivity index (χ0n) is 17.9. The maximum absolute atomic E-state index is 6.02. The van der Waals surface area contributed by atoms with E-state index in [0.29, 0.717) is 6.54 Å². The molecule has 0 spiro atoms. The van der Waals surface area contributed by atoms with Gasteiger partial charge in [0.15, 0.2) is 11.1 Å². The van der Waals surface area contributed by atoms with Crippen LogP contribution in [0.5, 0.6) is 5.75 Å². The summed E-state index contributed by atoms with van der Waals surface area (Å²) in [5.74, 6) is 2.54. The number of para-hydroxylation sites is 1. The normalized spacial score (nSPS) is 16.7. The Bertz CT molecular complexity index is 827. The zero-order valence-corrected chi connectivity index (χ0v) is 18.7. The number of ether oxygens (including phenoxy) is 1. The van der Waals surface area contributed by atoms with E-state index in [4.69, 9.17) is 14.7 Å². The molecule has 1 aliphatic carbocycles. The molecule has 4 rings (SSSR count). The minimum Gasteiger partial charge on any atom is -0.493 e. The SMILES string of the molecule is CCNC(=NCc1ccccc1OCC1CC1)NCCc1csc(N2CCCC2)n1. The van der Waals surface area contributed by atoms with Gasteiger partial charge in [0.2, 0.25) is 0 Å². The Labute approximate surface area is 183 Å². The lowest BCUT2D eigenvalue weighted by molar-refractivity contribution is 0.297. The minimum absolute atomic E-state index is 0.603. The molecule has 30 heavy (non-hydrogen) atoms. The van der Waals surface area contributed by atoms with Gasteiger partial charge in [-0.25, -0.2) is 9.98 Å². The van der Waals surface area contributed by atoms with Gasteiger partial charge < -0.3 is 20.3 Å². The molecular formula is C23H33N5OS. The van der Waals surface area contributed by atoms with Crippen LogP contribution in [0.3, 0.4) is 0 Å². The van der Waals surface area contributed by atoms with Crippen LogP contribution >= 0.6 is 11.3 Å². The molecule has 6 nitrogen and oxygen atoms in total. The summed E-state index contributed by atoms with van der Waals surface area (Å²) in [6.45, 7) is 7.46. The second kappa shape index (κ2) is 10.7. The van der Waals surface area contributed by atoms with E-state index in [0.717, 1.165) is 68.1 Å². The number of anilines is 1. The molecule has 162 valence electrons. The van der Waals surface area contributed by atoms with Crippen LogP contribution in [0, 0.1) is 5.92 Å². The molecule has 2 aliphatic rings. The number of hydrogen-bond donors (Lipinski definition) is 2. The fourth-order valence-electron chi connectivity index (χ4n) is 3.55. The number of thiazole rings is 1. The summed E-state index contributed by atoms with van der Waals surface area (Å²) in [6, 6.07) is 8.23. The third-order valence-electron chi connectivity index (χ3n) is 5.49. The third-order valence-corrected chi connectivity index (χ3v) is 6.44. The molecule has 2 heterocycles. The van der Waals surface area contributed by atoms with E-state index < -0.39 is 0 Å². The number of benzene rings is 1. The molecule has 2 N–H and O–H groups in total. The molecule has 0 atom stereocenters. The van der Waals surface area contributed by atoms with Crippen molar-refractivity contribution in [3.63, 3.8) is 0 Å². The topological polar surface area (TPSA) is 61.8 Å². The molecule has 7 heteroatoms. The lowest BCUT2D eigenvalue weighted by Crippen LogP contribution is -2.38. The van der Waals surface area contributed by atoms with Crippen molar-refractivity contribution in [3.05, 3.63) is 40.9 Å². The van der Waals surface area contributed by atoms with E-state index in [2.05, 4.69) is 40.0 Å². The summed E-state index contributed by atoms with van der Waals surface area (Å²) in [4.78, 5) is 12.0. The molecule has 2 fully saturated rings. The average molecular weight is 428 g/mol. The summed E-state index contributed by atoms with van der Waals surface area (Å²) in [6.07, 6.45) is 6.07. The first-order valence-corrected chi connectivity index (χ1v) is 12.1. The van der Waals surface area contributed by atoms with Crippen molar-refractivity contribution < 1.29 is 4.74 Å². The minimum atomic E-state index is 0.603. The van der Waals surface area contributed by atoms with E-state index in [1.54, 1.807) is 11.3 Å². The quantitative estimate of drug-likeness (QED) is 0.446. The second-order valence-electron chi connectivity index (χ2n) is 8.05. The summed E-state index contributed by atoms with van der Waals surface area (Å²) >= 11 is 1.76. The lowest BCUT2D eigenvalue weighted by Gasteiger charge is -2.13. The number of aliphatic imine (C=N–C) groups is 1. The van der Waals surface area contributed by atoms with Crippen molar-refractivity contribution >= 4 is 22.4 Å². The molecule has 0 unspecified atom stereocenters. The highest BCUT2D eigenvalue weighted by molar-refractivity contribution is 7.13. The monoisotopic (exact) mass is 427 g/mol. The Kier molecular flexibility index (Phi) is 7.45. The highest BCUT2D eigenvalue weighted by atomic mass is 32.1. The van der Waals surface area contributed by atoms with Crippen LogP contribution in [-0.2, 0) is 13.0 Å². The molecule has 1 aromatic heterocycles. The molecule has 1 saturated carbocycles. The van der Waals surface area contributed by atoms with Gasteiger partial charge in [0, 0.05) is 43.5 Å². The number of nitrogens with one attached hydrogen (secondary N) is 2. The molecule has 0 amide bonds. The van der Waals surface area contributed by atoms with Crippen molar-refractivity contribution in [1.29, 1.82) is 0 Å². The number of nitrogens with zero attached hydrogens (tertiary/aromatic N) is 3. The number of hydrogen-bond acceptors (Lipinski definition) is 5. The Morgan fingerprint density at radius 3 is 2.87 bits per heavy atom. The Hall–Kier alpha value is -2.28. The first kappa shape index (κ1) is 21.0. The van der Waals surface area contributed by atoms with Crippen LogP contribution in [0.1, 0.15) is 43.9 Å². The highest BCUT2D eigenvalue weighted by Crippen LogP contribution is 2.30. The van der Waals surface area contributed by atoms with Crippen molar-refractivity contribution in [1.82, 2.24) is 15.6 Å². The number of aromatic nitrogens is 1. The summed E-state index contributed by atoms with van der Waals surface area (Å²) in [5, 5.41) is 10.1. The summed E-state index contributed by atoms with van der Waals surface area (Å²) < 4.78 is 6.02. The van der Waals surface area contributed by atoms with Crippen molar-refractivity contribution in [2.75, 3.05) is 37.7 Å². The Morgan fingerprint density at radius 2 is 2.07 bits per heavy atom. The molecule has 0 radical (unpaired) electrons. The smallest absolute Gasteiger partial charge is 0.191 e. The van der Waals surface area contributed by atoms with Crippen LogP contribution in [0.15, 0.2) is 34.6 Å². The fraction of sp³-hybridized carbons (Fsp3) is 0.565. The van der Waals surface area contributed by atoms with Crippen molar-refractivity contribution in [2.24, 2.45) is 10.9 Å². The van der Waals surface area contributed by atoms with Gasteiger partial charge in [-0.15, -0.1) is 11.3 Å². The number of guanidine groups is 1. The first-order chi connectivity index (χ1) is 14.8. The Morgan fingerprint density at radius 1 is 1.23 bits per heavy atom.